The second-order valence-electron chi connectivity index (χ2n) is 4.81. The van der Waals surface area contributed by atoms with E-state index in [1.807, 2.05) is 0 Å². The standard InChI is InChI=1S/C14H14N4O4/c19-13(17-5-6-22-7-12(17)14(20)21)10-1-3-11(4-2-10)18-9-15-8-16-18/h1-4,8-9,12H,5-7H2,(H,20,21)/t12-/m1/s1. The van der Waals surface area contributed by atoms with Crippen molar-refractivity contribution in [1.29, 1.82) is 0 Å². The fourth-order valence-corrected chi connectivity index (χ4v) is 2.32. The average molecular weight is 302 g/mol. The van der Waals surface area contributed by atoms with Gasteiger partial charge in [-0.2, -0.15) is 5.10 Å². The molecule has 1 aliphatic rings. The summed E-state index contributed by atoms with van der Waals surface area (Å²) in [5.41, 5.74) is 1.20. The molecule has 1 atom stereocenters. The number of nitrogens with zero attached hydrogens (tertiary/aromatic N) is 4. The van der Waals surface area contributed by atoms with Crippen molar-refractivity contribution in [2.75, 3.05) is 19.8 Å². The second kappa shape index (κ2) is 5.94. The van der Waals surface area contributed by atoms with Crippen molar-refractivity contribution in [3.63, 3.8) is 0 Å². The number of aromatic nitrogens is 3. The van der Waals surface area contributed by atoms with E-state index in [2.05, 4.69) is 10.1 Å². The Hall–Kier alpha value is -2.74. The van der Waals surface area contributed by atoms with Crippen LogP contribution in [0.25, 0.3) is 5.69 Å². The number of carbonyl (C=O) groups is 2. The first-order valence-corrected chi connectivity index (χ1v) is 6.73. The van der Waals surface area contributed by atoms with Gasteiger partial charge >= 0.3 is 5.97 Å². The van der Waals surface area contributed by atoms with Gasteiger partial charge in [0, 0.05) is 12.1 Å². The van der Waals surface area contributed by atoms with E-state index in [4.69, 9.17) is 4.74 Å². The predicted octanol–water partition coefficient (Wildman–Crippen LogP) is 0.193. The monoisotopic (exact) mass is 302 g/mol. The number of hydrogen-bond acceptors (Lipinski definition) is 5. The molecule has 1 aromatic carbocycles. The molecule has 0 aliphatic carbocycles. The van der Waals surface area contributed by atoms with Crippen LogP contribution < -0.4 is 0 Å². The number of carbonyl (C=O) groups excluding carboxylic acids is 1. The molecule has 0 unspecified atom stereocenters. The maximum atomic E-state index is 12.5. The van der Waals surface area contributed by atoms with E-state index in [9.17, 15) is 14.7 Å². The molecule has 8 nitrogen and oxygen atoms in total. The summed E-state index contributed by atoms with van der Waals surface area (Å²) in [5.74, 6) is -1.38. The molecular weight excluding hydrogens is 288 g/mol. The number of rotatable bonds is 3. The summed E-state index contributed by atoms with van der Waals surface area (Å²) in [6, 6.07) is 5.81. The highest BCUT2D eigenvalue weighted by Gasteiger charge is 2.33. The third-order valence-corrected chi connectivity index (χ3v) is 3.47. The van der Waals surface area contributed by atoms with Crippen LogP contribution in [0.4, 0.5) is 0 Å². The molecule has 0 saturated carbocycles. The van der Waals surface area contributed by atoms with E-state index >= 15 is 0 Å². The summed E-state index contributed by atoms with van der Waals surface area (Å²) in [5, 5.41) is 13.2. The van der Waals surface area contributed by atoms with Gasteiger partial charge in [-0.15, -0.1) is 0 Å². The molecule has 0 radical (unpaired) electrons. The summed E-state index contributed by atoms with van der Waals surface area (Å²) in [6.45, 7) is 0.616. The Morgan fingerprint density at radius 3 is 2.68 bits per heavy atom. The third kappa shape index (κ3) is 2.68. The van der Waals surface area contributed by atoms with Crippen LogP contribution in [-0.2, 0) is 9.53 Å². The average Bonchev–Trinajstić information content (AvgIpc) is 3.09. The van der Waals surface area contributed by atoms with Crippen molar-refractivity contribution in [2.45, 2.75) is 6.04 Å². The minimum absolute atomic E-state index is 0.0120. The summed E-state index contributed by atoms with van der Waals surface area (Å²) >= 11 is 0. The molecular formula is C14H14N4O4. The Balaban J connectivity index is 1.81. The lowest BCUT2D eigenvalue weighted by Gasteiger charge is -2.32. The van der Waals surface area contributed by atoms with Crippen LogP contribution in [0.1, 0.15) is 10.4 Å². The lowest BCUT2D eigenvalue weighted by atomic mass is 10.1. The highest BCUT2D eigenvalue weighted by Crippen LogP contribution is 2.15. The maximum Gasteiger partial charge on any atom is 0.328 e. The summed E-state index contributed by atoms with van der Waals surface area (Å²) < 4.78 is 6.71. The van der Waals surface area contributed by atoms with Gasteiger partial charge < -0.3 is 14.7 Å². The van der Waals surface area contributed by atoms with Gasteiger partial charge in [0.1, 0.15) is 12.7 Å². The van der Waals surface area contributed by atoms with Crippen LogP contribution in [0.15, 0.2) is 36.9 Å². The minimum Gasteiger partial charge on any atom is -0.480 e. The number of hydrogen-bond donors (Lipinski definition) is 1. The Morgan fingerprint density at radius 2 is 2.05 bits per heavy atom. The van der Waals surface area contributed by atoms with Crippen LogP contribution in [0.3, 0.4) is 0 Å². The van der Waals surface area contributed by atoms with E-state index in [0.717, 1.165) is 5.69 Å². The summed E-state index contributed by atoms with van der Waals surface area (Å²) in [7, 11) is 0. The largest absolute Gasteiger partial charge is 0.480 e. The first kappa shape index (κ1) is 14.2. The Kier molecular flexibility index (Phi) is 3.84. The first-order chi connectivity index (χ1) is 10.7. The molecule has 0 bridgehead atoms. The molecule has 0 spiro atoms. The number of morpholine rings is 1. The zero-order chi connectivity index (χ0) is 15.5. The van der Waals surface area contributed by atoms with Gasteiger partial charge in [0.05, 0.1) is 18.9 Å². The van der Waals surface area contributed by atoms with Gasteiger partial charge in [0.2, 0.25) is 0 Å². The molecule has 1 aromatic heterocycles. The molecule has 2 heterocycles. The minimum atomic E-state index is -1.06. The Morgan fingerprint density at radius 1 is 1.27 bits per heavy atom. The lowest BCUT2D eigenvalue weighted by Crippen LogP contribution is -2.52. The highest BCUT2D eigenvalue weighted by atomic mass is 16.5. The number of benzene rings is 1. The predicted molar refractivity (Wildman–Crippen MR) is 74.6 cm³/mol. The van der Waals surface area contributed by atoms with Crippen molar-refractivity contribution in [3.05, 3.63) is 42.5 Å². The quantitative estimate of drug-likeness (QED) is 0.869. The number of carboxylic acids is 1. The SMILES string of the molecule is O=C(O)[C@H]1COCCN1C(=O)c1ccc(-n2cncn2)cc1. The molecule has 1 saturated heterocycles. The van der Waals surface area contributed by atoms with Gasteiger partial charge in [-0.3, -0.25) is 4.79 Å². The molecule has 1 aliphatic heterocycles. The molecule has 22 heavy (non-hydrogen) atoms. The Labute approximate surface area is 125 Å². The molecule has 1 amide bonds. The molecule has 2 aromatic rings. The van der Waals surface area contributed by atoms with E-state index in [1.54, 1.807) is 35.3 Å². The van der Waals surface area contributed by atoms with Crippen LogP contribution in [0.5, 0.6) is 0 Å². The second-order valence-corrected chi connectivity index (χ2v) is 4.81. The smallest absolute Gasteiger partial charge is 0.328 e. The maximum absolute atomic E-state index is 12.5. The topological polar surface area (TPSA) is 97.6 Å². The fraction of sp³-hybridized carbons (Fsp3) is 0.286. The van der Waals surface area contributed by atoms with Crippen LogP contribution in [-0.4, -0.2) is 62.4 Å². The normalized spacial score (nSPS) is 18.2. The zero-order valence-corrected chi connectivity index (χ0v) is 11.6. The number of aliphatic carboxylic acids is 1. The van der Waals surface area contributed by atoms with Crippen LogP contribution >= 0.6 is 0 Å². The molecule has 8 heteroatoms. The summed E-state index contributed by atoms with van der Waals surface area (Å²) in [4.78, 5) is 28.9. The van der Waals surface area contributed by atoms with Gasteiger partial charge in [0.25, 0.3) is 5.91 Å². The van der Waals surface area contributed by atoms with Crippen LogP contribution in [0.2, 0.25) is 0 Å². The lowest BCUT2D eigenvalue weighted by molar-refractivity contribution is -0.147. The van der Waals surface area contributed by atoms with E-state index in [1.165, 1.54) is 11.2 Å². The van der Waals surface area contributed by atoms with Gasteiger partial charge in [-0.05, 0) is 24.3 Å². The van der Waals surface area contributed by atoms with E-state index in [-0.39, 0.29) is 19.1 Å². The number of amides is 1. The van der Waals surface area contributed by atoms with Gasteiger partial charge in [-0.25, -0.2) is 14.5 Å². The molecule has 1 N–H and O–H groups in total. The molecule has 1 fully saturated rings. The highest BCUT2D eigenvalue weighted by molar-refractivity contribution is 5.96. The van der Waals surface area contributed by atoms with Crippen LogP contribution in [0, 0.1) is 0 Å². The molecule has 114 valence electrons. The van der Waals surface area contributed by atoms with Gasteiger partial charge in [-0.1, -0.05) is 0 Å². The fourth-order valence-electron chi connectivity index (χ4n) is 2.32. The number of carboxylic acid groups (broad SMARTS) is 1. The first-order valence-electron chi connectivity index (χ1n) is 6.73. The van der Waals surface area contributed by atoms with E-state index in [0.29, 0.717) is 12.2 Å². The van der Waals surface area contributed by atoms with Crippen molar-refractivity contribution in [2.24, 2.45) is 0 Å². The van der Waals surface area contributed by atoms with Crippen molar-refractivity contribution < 1.29 is 19.4 Å². The third-order valence-electron chi connectivity index (χ3n) is 3.47. The zero-order valence-electron chi connectivity index (χ0n) is 11.6. The van der Waals surface area contributed by atoms with Crippen molar-refractivity contribution in [3.8, 4) is 5.69 Å². The van der Waals surface area contributed by atoms with Crippen molar-refractivity contribution >= 4 is 11.9 Å². The van der Waals surface area contributed by atoms with E-state index < -0.39 is 12.0 Å². The number of ether oxygens (including phenoxy) is 1. The molecule has 3 rings (SSSR count). The van der Waals surface area contributed by atoms with Crippen molar-refractivity contribution in [1.82, 2.24) is 19.7 Å². The summed E-state index contributed by atoms with van der Waals surface area (Å²) in [6.07, 6.45) is 2.98. The van der Waals surface area contributed by atoms with Gasteiger partial charge in [0.15, 0.2) is 6.04 Å². The Bertz CT molecular complexity index is 669.